The molecule has 7 atom stereocenters. The molecule has 41 heavy (non-hydrogen) atoms. The van der Waals surface area contributed by atoms with E-state index in [2.05, 4.69) is 18.7 Å². The molecule has 0 aromatic heterocycles. The number of fused-ring (bicyclic) bond motifs is 4. The highest BCUT2D eigenvalue weighted by atomic mass is 16.6. The quantitative estimate of drug-likeness (QED) is 0.236. The van der Waals surface area contributed by atoms with E-state index in [0.29, 0.717) is 43.5 Å². The van der Waals surface area contributed by atoms with Crippen LogP contribution in [0.5, 0.6) is 0 Å². The van der Waals surface area contributed by atoms with E-state index in [0.717, 1.165) is 19.6 Å². The van der Waals surface area contributed by atoms with Crippen LogP contribution in [0, 0.1) is 22.7 Å². The molecule has 1 saturated carbocycles. The smallest absolute Gasteiger partial charge is 0.336 e. The first kappa shape index (κ1) is 31.4. The Hall–Kier alpha value is -2.56. The average molecular weight is 575 g/mol. The number of esters is 2. The largest absolute Gasteiger partial charge is 0.458 e. The third-order valence-electron chi connectivity index (χ3n) is 10.2. The molecule has 0 bridgehead atoms. The number of carbonyl (C=O) groups excluding carboxylic acids is 4. The molecule has 10 heteroatoms. The van der Waals surface area contributed by atoms with Crippen LogP contribution in [0.1, 0.15) is 60.8 Å². The normalized spacial score (nSPS) is 35.8. The summed E-state index contributed by atoms with van der Waals surface area (Å²) in [6.45, 7) is 15.0. The lowest BCUT2D eigenvalue weighted by molar-refractivity contribution is -0.175. The van der Waals surface area contributed by atoms with Gasteiger partial charge in [0.1, 0.15) is 12.2 Å². The van der Waals surface area contributed by atoms with E-state index in [1.165, 1.54) is 14.0 Å². The average Bonchev–Trinajstić information content (AvgIpc) is 3.22. The van der Waals surface area contributed by atoms with Crippen LogP contribution < -0.4 is 0 Å². The zero-order chi connectivity index (χ0) is 30.3. The van der Waals surface area contributed by atoms with E-state index in [-0.39, 0.29) is 18.1 Å². The van der Waals surface area contributed by atoms with Crippen molar-refractivity contribution in [2.24, 2.45) is 22.7 Å². The molecule has 4 rings (SSSR count). The van der Waals surface area contributed by atoms with Crippen molar-refractivity contribution in [2.75, 3.05) is 46.4 Å². The maximum atomic E-state index is 14.2. The summed E-state index contributed by atoms with van der Waals surface area (Å²) in [7, 11) is 1.49. The molecule has 228 valence electrons. The molecule has 0 aromatic carbocycles. The highest BCUT2D eigenvalue weighted by molar-refractivity contribution is 6.47. The fraction of sp³-hybridized carbons (Fsp3) is 0.742. The Bertz CT molecular complexity index is 1140. The van der Waals surface area contributed by atoms with Gasteiger partial charge in [-0.3, -0.25) is 14.4 Å². The van der Waals surface area contributed by atoms with E-state index in [1.54, 1.807) is 6.20 Å². The Morgan fingerprint density at radius 3 is 2.37 bits per heavy atom. The zero-order valence-electron chi connectivity index (χ0n) is 25.5. The van der Waals surface area contributed by atoms with Gasteiger partial charge in [0.25, 0.3) is 0 Å². The number of cyclic esters (lactones) is 1. The standard InChI is InChI=1S/C31H46N2O8/c1-8-32(9-2)13-14-33(10-3)16-19-25-28(37)27(36)24-20-11-12-22(35)30(20,5)15-21(40-18(4)34)26(24)31(25,6)23(17-39-7)41-29(19)38/h16,20-23,25,35H,8-15,17H2,1-7H3. The van der Waals surface area contributed by atoms with Crippen molar-refractivity contribution in [3.05, 3.63) is 22.9 Å². The molecule has 10 nitrogen and oxygen atoms in total. The summed E-state index contributed by atoms with van der Waals surface area (Å²) < 4.78 is 17.4. The molecule has 3 aliphatic carbocycles. The van der Waals surface area contributed by atoms with E-state index in [9.17, 15) is 24.3 Å². The molecule has 4 aliphatic rings. The van der Waals surface area contributed by atoms with Gasteiger partial charge in [0.15, 0.2) is 0 Å². The van der Waals surface area contributed by atoms with E-state index < -0.39 is 58.6 Å². The summed E-state index contributed by atoms with van der Waals surface area (Å²) in [5, 5.41) is 11.0. The summed E-state index contributed by atoms with van der Waals surface area (Å²) in [6, 6.07) is 0. The number of rotatable bonds is 10. The summed E-state index contributed by atoms with van der Waals surface area (Å²) in [5.41, 5.74) is -0.943. The lowest BCUT2D eigenvalue weighted by Crippen LogP contribution is -2.63. The minimum absolute atomic E-state index is 0.00106. The van der Waals surface area contributed by atoms with Crippen molar-refractivity contribution in [1.29, 1.82) is 0 Å². The molecule has 7 unspecified atom stereocenters. The summed E-state index contributed by atoms with van der Waals surface area (Å²) in [5.74, 6) is -3.99. The molecule has 0 radical (unpaired) electrons. The van der Waals surface area contributed by atoms with Gasteiger partial charge in [-0.25, -0.2) is 4.79 Å². The highest BCUT2D eigenvalue weighted by Gasteiger charge is 2.67. The Kier molecular flexibility index (Phi) is 9.16. The zero-order valence-corrected chi connectivity index (χ0v) is 25.5. The van der Waals surface area contributed by atoms with Crippen molar-refractivity contribution in [3.63, 3.8) is 0 Å². The van der Waals surface area contributed by atoms with Crippen LogP contribution in [0.25, 0.3) is 0 Å². The first-order valence-corrected chi connectivity index (χ1v) is 14.9. The van der Waals surface area contributed by atoms with Gasteiger partial charge in [0.2, 0.25) is 11.6 Å². The van der Waals surface area contributed by atoms with Gasteiger partial charge in [0.05, 0.1) is 24.2 Å². The first-order chi connectivity index (χ1) is 19.4. The van der Waals surface area contributed by atoms with Crippen LogP contribution in [0.15, 0.2) is 22.9 Å². The van der Waals surface area contributed by atoms with Gasteiger partial charge in [0, 0.05) is 56.3 Å². The number of ether oxygens (including phenoxy) is 3. The van der Waals surface area contributed by atoms with E-state index >= 15 is 0 Å². The predicted molar refractivity (Wildman–Crippen MR) is 151 cm³/mol. The van der Waals surface area contributed by atoms with Crippen LogP contribution in [0.3, 0.4) is 0 Å². The van der Waals surface area contributed by atoms with Crippen molar-refractivity contribution >= 4 is 23.5 Å². The van der Waals surface area contributed by atoms with Crippen molar-refractivity contribution in [1.82, 2.24) is 9.80 Å². The fourth-order valence-electron chi connectivity index (χ4n) is 7.81. The molecule has 1 heterocycles. The Balaban J connectivity index is 1.90. The lowest BCUT2D eigenvalue weighted by Gasteiger charge is -2.56. The number of aliphatic hydroxyl groups is 1. The monoisotopic (exact) mass is 574 g/mol. The van der Waals surface area contributed by atoms with Gasteiger partial charge >= 0.3 is 11.9 Å². The second-order valence-corrected chi connectivity index (χ2v) is 12.3. The third-order valence-corrected chi connectivity index (χ3v) is 10.2. The summed E-state index contributed by atoms with van der Waals surface area (Å²) in [6.07, 6.45) is 0.556. The SMILES string of the molecule is CCN(C=C1C(=O)OC(COC)C2(C)C3=C(C(=O)C(=O)C12)C1CCC(O)C1(C)CC3OC(C)=O)CCN(CC)CC. The molecule has 1 N–H and O–H groups in total. The topological polar surface area (TPSA) is 123 Å². The van der Waals surface area contributed by atoms with Crippen LogP contribution in [-0.2, 0) is 33.4 Å². The number of hydrogen-bond acceptors (Lipinski definition) is 10. The summed E-state index contributed by atoms with van der Waals surface area (Å²) in [4.78, 5) is 58.4. The third kappa shape index (κ3) is 5.16. The Morgan fingerprint density at radius 1 is 1.10 bits per heavy atom. The number of nitrogens with zero attached hydrogens (tertiary/aromatic N) is 2. The Morgan fingerprint density at radius 2 is 1.78 bits per heavy atom. The maximum Gasteiger partial charge on any atom is 0.336 e. The lowest BCUT2D eigenvalue weighted by atomic mass is 9.50. The second-order valence-electron chi connectivity index (χ2n) is 12.3. The second kappa shape index (κ2) is 12.0. The first-order valence-electron chi connectivity index (χ1n) is 14.9. The van der Waals surface area contributed by atoms with Gasteiger partial charge in [-0.05, 0) is 50.8 Å². The number of Topliss-reactive ketones (excluding diaryl/α,β-unsaturated/α-hetero) is 2. The number of aliphatic hydroxyl groups excluding tert-OH is 1. The molecule has 2 fully saturated rings. The maximum absolute atomic E-state index is 14.2. The highest BCUT2D eigenvalue weighted by Crippen LogP contribution is 2.63. The summed E-state index contributed by atoms with van der Waals surface area (Å²) >= 11 is 0. The minimum atomic E-state index is -1.19. The van der Waals surface area contributed by atoms with Crippen molar-refractivity contribution in [3.8, 4) is 0 Å². The van der Waals surface area contributed by atoms with E-state index in [4.69, 9.17) is 14.2 Å². The number of ketones is 2. The van der Waals surface area contributed by atoms with Crippen LogP contribution in [0.4, 0.5) is 0 Å². The predicted octanol–water partition coefficient (Wildman–Crippen LogP) is 2.29. The van der Waals surface area contributed by atoms with Gasteiger partial charge in [-0.15, -0.1) is 0 Å². The van der Waals surface area contributed by atoms with E-state index in [1.807, 2.05) is 25.7 Å². The van der Waals surface area contributed by atoms with Crippen molar-refractivity contribution < 1.29 is 38.5 Å². The number of carbonyl (C=O) groups is 4. The Labute approximate surface area is 243 Å². The van der Waals surface area contributed by atoms with Gasteiger partial charge in [-0.2, -0.15) is 0 Å². The van der Waals surface area contributed by atoms with Gasteiger partial charge in [-0.1, -0.05) is 27.7 Å². The number of methoxy groups -OCH3 is 1. The molecular weight excluding hydrogens is 528 g/mol. The minimum Gasteiger partial charge on any atom is -0.458 e. The molecule has 1 saturated heterocycles. The van der Waals surface area contributed by atoms with Crippen molar-refractivity contribution in [2.45, 2.75) is 79.1 Å². The number of allylic oxidation sites excluding steroid dienone is 1. The van der Waals surface area contributed by atoms with Gasteiger partial charge < -0.3 is 29.1 Å². The van der Waals surface area contributed by atoms with Crippen LogP contribution >= 0.6 is 0 Å². The molecule has 0 amide bonds. The molecule has 1 aliphatic heterocycles. The molecule has 0 aromatic rings. The molecule has 0 spiro atoms. The van der Waals surface area contributed by atoms with Crippen LogP contribution in [-0.4, -0.2) is 103 Å². The fourth-order valence-corrected chi connectivity index (χ4v) is 7.81. The molecular formula is C31H46N2O8. The number of likely N-dealkylation sites (N-methyl/N-ethyl adjacent to an activating group) is 2. The number of hydrogen-bond donors (Lipinski definition) is 1. The van der Waals surface area contributed by atoms with Crippen LogP contribution in [0.2, 0.25) is 0 Å².